The van der Waals surface area contributed by atoms with Gasteiger partial charge in [-0.15, -0.1) is 0 Å². The Kier molecular flexibility index (Phi) is 6.31. The second-order valence-corrected chi connectivity index (χ2v) is 9.15. The average Bonchev–Trinajstić information content (AvgIpc) is 3.55. The largest absolute Gasteiger partial charge is 0.497 e. The average molecular weight is 480 g/mol. The quantitative estimate of drug-likeness (QED) is 0.434. The van der Waals surface area contributed by atoms with Crippen molar-refractivity contribution in [2.45, 2.75) is 19.4 Å². The number of methoxy groups -OCH3 is 1. The molecule has 5 rings (SSSR count). The number of nitrogens with zero attached hydrogens (tertiary/aromatic N) is 4. The van der Waals surface area contributed by atoms with Crippen LogP contribution in [0.5, 0.6) is 5.75 Å². The highest BCUT2D eigenvalue weighted by Gasteiger charge is 2.26. The van der Waals surface area contributed by atoms with Crippen LogP contribution in [0, 0.1) is 5.92 Å². The molecule has 34 heavy (non-hydrogen) atoms. The number of thiazole rings is 1. The van der Waals surface area contributed by atoms with Gasteiger partial charge < -0.3 is 19.4 Å². The molecule has 176 valence electrons. The maximum Gasteiger partial charge on any atom is 0.266 e. The summed E-state index contributed by atoms with van der Waals surface area (Å²) in [6, 6.07) is 12.5. The number of furan rings is 1. The first kappa shape index (κ1) is 22.1. The molecule has 0 aliphatic carbocycles. The van der Waals surface area contributed by atoms with Crippen LogP contribution in [0.2, 0.25) is 0 Å². The minimum atomic E-state index is -0.216. The van der Waals surface area contributed by atoms with Gasteiger partial charge in [-0.25, -0.2) is 9.67 Å². The Labute approximate surface area is 200 Å². The lowest BCUT2D eigenvalue weighted by molar-refractivity contribution is -0.125. The van der Waals surface area contributed by atoms with E-state index < -0.39 is 0 Å². The highest BCUT2D eigenvalue weighted by atomic mass is 32.1. The fraction of sp³-hybridized carbons (Fsp3) is 0.333. The van der Waals surface area contributed by atoms with E-state index in [-0.39, 0.29) is 17.4 Å². The van der Waals surface area contributed by atoms with E-state index in [1.54, 1.807) is 42.9 Å². The van der Waals surface area contributed by atoms with E-state index in [9.17, 15) is 9.59 Å². The predicted molar refractivity (Wildman–Crippen MR) is 130 cm³/mol. The number of hydrogen-bond acceptors (Lipinski definition) is 8. The van der Waals surface area contributed by atoms with Gasteiger partial charge in [0.25, 0.3) is 5.56 Å². The van der Waals surface area contributed by atoms with Crippen LogP contribution in [0.1, 0.15) is 12.8 Å². The molecule has 1 aliphatic rings. The molecular weight excluding hydrogens is 454 g/mol. The number of nitrogens with one attached hydrogen (secondary N) is 1. The zero-order chi connectivity index (χ0) is 23.5. The molecule has 0 radical (unpaired) electrons. The second-order valence-electron chi connectivity index (χ2n) is 8.14. The third-order valence-corrected chi connectivity index (χ3v) is 7.06. The van der Waals surface area contributed by atoms with E-state index in [1.807, 2.05) is 18.2 Å². The van der Waals surface area contributed by atoms with Crippen molar-refractivity contribution in [1.29, 1.82) is 0 Å². The van der Waals surface area contributed by atoms with Crippen molar-refractivity contribution in [3.05, 3.63) is 59.1 Å². The summed E-state index contributed by atoms with van der Waals surface area (Å²) in [5, 5.41) is 8.27. The summed E-state index contributed by atoms with van der Waals surface area (Å²) in [6.45, 7) is 2.20. The summed E-state index contributed by atoms with van der Waals surface area (Å²) in [5.41, 5.74) is 1.32. The molecule has 1 N–H and O–H groups in total. The van der Waals surface area contributed by atoms with Gasteiger partial charge in [-0.1, -0.05) is 11.3 Å². The maximum atomic E-state index is 12.7. The third kappa shape index (κ3) is 4.67. The van der Waals surface area contributed by atoms with Crippen LogP contribution in [0.15, 0.2) is 57.9 Å². The molecule has 3 aromatic heterocycles. The third-order valence-electron chi connectivity index (χ3n) is 5.98. The van der Waals surface area contributed by atoms with E-state index >= 15 is 0 Å². The van der Waals surface area contributed by atoms with Crippen LogP contribution in [-0.4, -0.2) is 47.4 Å². The van der Waals surface area contributed by atoms with Crippen LogP contribution in [-0.2, 0) is 11.3 Å². The minimum Gasteiger partial charge on any atom is -0.497 e. The second kappa shape index (κ2) is 9.68. The molecular formula is C24H25N5O4S. The Morgan fingerprint density at radius 1 is 1.24 bits per heavy atom. The number of fused-ring (bicyclic) bond motifs is 1. The van der Waals surface area contributed by atoms with Crippen LogP contribution < -0.4 is 20.5 Å². The van der Waals surface area contributed by atoms with Crippen molar-refractivity contribution < 1.29 is 13.9 Å². The van der Waals surface area contributed by atoms with Gasteiger partial charge in [0.15, 0.2) is 10.9 Å². The molecule has 9 nitrogen and oxygen atoms in total. The van der Waals surface area contributed by atoms with E-state index in [0.29, 0.717) is 24.5 Å². The SMILES string of the molecule is COc1ccc2nc(N3CCC(C(=O)NCCn4nc(-c5ccco5)ccc4=O)CC3)sc2c1. The molecule has 4 heterocycles. The summed E-state index contributed by atoms with van der Waals surface area (Å²) in [7, 11) is 1.66. The first-order valence-corrected chi connectivity index (χ1v) is 12.0. The molecule has 1 amide bonds. The minimum absolute atomic E-state index is 0.0175. The van der Waals surface area contributed by atoms with Gasteiger partial charge in [0.2, 0.25) is 5.91 Å². The van der Waals surface area contributed by atoms with Gasteiger partial charge in [-0.3, -0.25) is 9.59 Å². The smallest absolute Gasteiger partial charge is 0.266 e. The molecule has 1 aromatic carbocycles. The number of benzene rings is 1. The van der Waals surface area contributed by atoms with Crippen LogP contribution in [0.3, 0.4) is 0 Å². The number of rotatable bonds is 7. The molecule has 4 aromatic rings. The van der Waals surface area contributed by atoms with Gasteiger partial charge in [0.1, 0.15) is 11.4 Å². The number of hydrogen-bond donors (Lipinski definition) is 1. The number of aromatic nitrogens is 3. The lowest BCUT2D eigenvalue weighted by atomic mass is 9.96. The van der Waals surface area contributed by atoms with E-state index in [4.69, 9.17) is 14.1 Å². The van der Waals surface area contributed by atoms with Crippen molar-refractivity contribution in [2.24, 2.45) is 5.92 Å². The number of carbonyl (C=O) groups is 1. The first-order valence-electron chi connectivity index (χ1n) is 11.2. The zero-order valence-corrected chi connectivity index (χ0v) is 19.6. The van der Waals surface area contributed by atoms with Gasteiger partial charge >= 0.3 is 0 Å². The van der Waals surface area contributed by atoms with Crippen molar-refractivity contribution in [3.8, 4) is 17.2 Å². The Hall–Kier alpha value is -3.66. The summed E-state index contributed by atoms with van der Waals surface area (Å²) in [5.74, 6) is 1.38. The predicted octanol–water partition coefficient (Wildman–Crippen LogP) is 3.15. The van der Waals surface area contributed by atoms with Crippen molar-refractivity contribution >= 4 is 32.6 Å². The van der Waals surface area contributed by atoms with Crippen LogP contribution >= 0.6 is 11.3 Å². The molecule has 0 saturated carbocycles. The van der Waals surface area contributed by atoms with Crippen molar-refractivity contribution in [2.75, 3.05) is 31.6 Å². The lowest BCUT2D eigenvalue weighted by Crippen LogP contribution is -2.41. The van der Waals surface area contributed by atoms with Gasteiger partial charge in [0.05, 0.1) is 30.1 Å². The van der Waals surface area contributed by atoms with E-state index in [2.05, 4.69) is 15.3 Å². The van der Waals surface area contributed by atoms with E-state index in [0.717, 1.165) is 47.0 Å². The van der Waals surface area contributed by atoms with Gasteiger partial charge in [-0.2, -0.15) is 5.10 Å². The molecule has 1 fully saturated rings. The number of carbonyl (C=O) groups excluding carboxylic acids is 1. The van der Waals surface area contributed by atoms with E-state index in [1.165, 1.54) is 10.7 Å². The monoisotopic (exact) mass is 479 g/mol. The first-order chi connectivity index (χ1) is 16.6. The van der Waals surface area contributed by atoms with Gasteiger partial charge in [0, 0.05) is 31.6 Å². The molecule has 0 bridgehead atoms. The standard InChI is InChI=1S/C24H25N5O4S/c1-32-17-4-5-19-21(15-17)34-24(26-19)28-11-8-16(9-12-28)23(31)25-10-13-29-22(30)7-6-18(27-29)20-3-2-14-33-20/h2-7,14-16H,8-13H2,1H3,(H,25,31). The normalized spacial score (nSPS) is 14.4. The Bertz CT molecular complexity index is 1340. The highest BCUT2D eigenvalue weighted by Crippen LogP contribution is 2.33. The number of amides is 1. The fourth-order valence-corrected chi connectivity index (χ4v) is 5.13. The van der Waals surface area contributed by atoms with Gasteiger partial charge in [-0.05, 0) is 49.2 Å². The Balaban J connectivity index is 1.13. The van der Waals surface area contributed by atoms with Crippen molar-refractivity contribution in [3.63, 3.8) is 0 Å². The highest BCUT2D eigenvalue weighted by molar-refractivity contribution is 7.22. The molecule has 10 heteroatoms. The summed E-state index contributed by atoms with van der Waals surface area (Å²) in [4.78, 5) is 31.8. The molecule has 0 spiro atoms. The summed E-state index contributed by atoms with van der Waals surface area (Å²) < 4.78 is 13.1. The number of anilines is 1. The molecule has 0 atom stereocenters. The summed E-state index contributed by atoms with van der Waals surface area (Å²) >= 11 is 1.64. The zero-order valence-electron chi connectivity index (χ0n) is 18.8. The molecule has 0 unspecified atom stereocenters. The lowest BCUT2D eigenvalue weighted by Gasteiger charge is -2.31. The molecule has 1 aliphatic heterocycles. The maximum absolute atomic E-state index is 12.7. The van der Waals surface area contributed by atoms with Crippen LogP contribution in [0.25, 0.3) is 21.7 Å². The number of piperidine rings is 1. The molecule has 1 saturated heterocycles. The fourth-order valence-electron chi connectivity index (χ4n) is 4.08. The number of ether oxygens (including phenoxy) is 1. The van der Waals surface area contributed by atoms with Crippen LogP contribution in [0.4, 0.5) is 5.13 Å². The Morgan fingerprint density at radius 3 is 2.85 bits per heavy atom. The Morgan fingerprint density at radius 2 is 2.09 bits per heavy atom. The summed E-state index contributed by atoms with van der Waals surface area (Å²) in [6.07, 6.45) is 3.08. The topological polar surface area (TPSA) is 102 Å². The van der Waals surface area contributed by atoms with Crippen molar-refractivity contribution in [1.82, 2.24) is 20.1 Å².